The Morgan fingerprint density at radius 2 is 1.65 bits per heavy atom. The lowest BCUT2D eigenvalue weighted by atomic mass is 9.99. The molecular weight excluding hydrogens is 278 g/mol. The highest BCUT2D eigenvalue weighted by Gasteiger charge is 2.02. The second-order valence-corrected chi connectivity index (χ2v) is 6.49. The third-order valence-electron chi connectivity index (χ3n) is 3.81. The van der Waals surface area contributed by atoms with Gasteiger partial charge in [-0.05, 0) is 62.9 Å². The molecule has 0 fully saturated rings. The lowest BCUT2D eigenvalue weighted by Crippen LogP contribution is -2.11. The van der Waals surface area contributed by atoms with Gasteiger partial charge < -0.3 is 4.90 Å². The van der Waals surface area contributed by atoms with Crippen molar-refractivity contribution in [1.82, 2.24) is 4.90 Å². The van der Waals surface area contributed by atoms with Gasteiger partial charge in [-0.3, -0.25) is 0 Å². The number of hydrogen-bond donors (Lipinski definition) is 0. The molecule has 0 atom stereocenters. The molecule has 1 nitrogen and oxygen atoms in total. The fourth-order valence-corrected chi connectivity index (χ4v) is 2.76. The summed E-state index contributed by atoms with van der Waals surface area (Å²) in [4.78, 5) is 2.23. The zero-order chi connectivity index (χ0) is 16.9. The average Bonchev–Trinajstić information content (AvgIpc) is 2.50. The second-order valence-electron chi connectivity index (χ2n) is 6.49. The monoisotopic (exact) mass is 311 g/mol. The van der Waals surface area contributed by atoms with Crippen molar-refractivity contribution in [2.75, 3.05) is 14.1 Å². The molecule has 0 aliphatic carbocycles. The molecule has 0 saturated carbocycles. The van der Waals surface area contributed by atoms with Crippen molar-refractivity contribution in [1.29, 1.82) is 0 Å². The van der Waals surface area contributed by atoms with Gasteiger partial charge in [-0.2, -0.15) is 0 Å². The van der Waals surface area contributed by atoms with Crippen LogP contribution >= 0.6 is 0 Å². The summed E-state index contributed by atoms with van der Waals surface area (Å²) in [5.41, 5.74) is 4.18. The van der Waals surface area contributed by atoms with E-state index in [9.17, 15) is 0 Å². The van der Waals surface area contributed by atoms with Crippen LogP contribution in [-0.4, -0.2) is 19.0 Å². The summed E-state index contributed by atoms with van der Waals surface area (Å²) in [6.07, 6.45) is 16.8. The van der Waals surface area contributed by atoms with Crippen LogP contribution < -0.4 is 0 Å². The largest absolute Gasteiger partial charge is 0.305 e. The molecule has 0 N–H and O–H groups in total. The van der Waals surface area contributed by atoms with Gasteiger partial charge in [-0.15, -0.1) is 13.2 Å². The molecule has 0 radical (unpaired) electrons. The Morgan fingerprint density at radius 3 is 2.35 bits per heavy atom. The maximum absolute atomic E-state index is 3.78. The summed E-state index contributed by atoms with van der Waals surface area (Å²) in [6, 6.07) is 7.00. The highest BCUT2D eigenvalue weighted by Crippen LogP contribution is 2.17. The van der Waals surface area contributed by atoms with Crippen LogP contribution in [0.1, 0.15) is 55.2 Å². The number of aryl methyl sites for hydroxylation is 1. The maximum Gasteiger partial charge on any atom is 0.0227 e. The maximum atomic E-state index is 3.78. The number of benzene rings is 1. The van der Waals surface area contributed by atoms with E-state index in [0.29, 0.717) is 0 Å². The first-order chi connectivity index (χ1) is 11.2. The van der Waals surface area contributed by atoms with Crippen molar-refractivity contribution in [3.8, 4) is 0 Å². The first-order valence-corrected chi connectivity index (χ1v) is 8.81. The summed E-state index contributed by atoms with van der Waals surface area (Å²) in [5.74, 6) is 0. The Kier molecular flexibility index (Phi) is 10.1. The molecule has 1 heteroatoms. The predicted octanol–water partition coefficient (Wildman–Crippen LogP) is 6.02. The van der Waals surface area contributed by atoms with Crippen molar-refractivity contribution >= 4 is 6.08 Å². The van der Waals surface area contributed by atoms with Crippen LogP contribution in [0.25, 0.3) is 6.08 Å². The zero-order valence-corrected chi connectivity index (χ0v) is 15.1. The molecule has 0 bridgehead atoms. The van der Waals surface area contributed by atoms with E-state index in [0.717, 1.165) is 19.4 Å². The number of allylic oxidation sites excluding steroid dienone is 3. The molecule has 23 heavy (non-hydrogen) atoms. The van der Waals surface area contributed by atoms with Gasteiger partial charge in [0.1, 0.15) is 0 Å². The van der Waals surface area contributed by atoms with E-state index in [4.69, 9.17) is 0 Å². The minimum absolute atomic E-state index is 0.927. The lowest BCUT2D eigenvalue weighted by molar-refractivity contribution is 0.402. The van der Waals surface area contributed by atoms with Crippen LogP contribution in [0.3, 0.4) is 0 Å². The molecule has 1 aromatic rings. The Morgan fingerprint density at radius 1 is 0.913 bits per heavy atom. The van der Waals surface area contributed by atoms with Crippen molar-refractivity contribution in [2.45, 2.75) is 51.5 Å². The molecule has 126 valence electrons. The molecular formula is C22H33N. The molecule has 1 rings (SSSR count). The average molecular weight is 312 g/mol. The molecule has 0 aliphatic rings. The number of rotatable bonds is 12. The number of nitrogens with zero attached hydrogens (tertiary/aromatic N) is 1. The molecule has 0 heterocycles. The Bertz CT molecular complexity index is 497. The zero-order valence-electron chi connectivity index (χ0n) is 15.1. The van der Waals surface area contributed by atoms with Crippen LogP contribution in [0.4, 0.5) is 0 Å². The van der Waals surface area contributed by atoms with Crippen LogP contribution in [0.5, 0.6) is 0 Å². The molecule has 0 aromatic heterocycles. The van der Waals surface area contributed by atoms with Gasteiger partial charge in [-0.25, -0.2) is 0 Å². The van der Waals surface area contributed by atoms with Crippen LogP contribution in [0, 0.1) is 0 Å². The minimum atomic E-state index is 0.927. The van der Waals surface area contributed by atoms with Gasteiger partial charge in [0.25, 0.3) is 0 Å². The minimum Gasteiger partial charge on any atom is -0.305 e. The Hall–Kier alpha value is -1.60. The van der Waals surface area contributed by atoms with E-state index in [-0.39, 0.29) is 0 Å². The quantitative estimate of drug-likeness (QED) is 0.337. The van der Waals surface area contributed by atoms with Crippen LogP contribution in [-0.2, 0) is 13.0 Å². The summed E-state index contributed by atoms with van der Waals surface area (Å²) in [7, 11) is 4.25. The number of unbranched alkanes of at least 4 members (excludes halogenated alkanes) is 4. The first kappa shape index (κ1) is 19.4. The molecule has 0 spiro atoms. The highest BCUT2D eigenvalue weighted by molar-refractivity contribution is 5.52. The lowest BCUT2D eigenvalue weighted by Gasteiger charge is -2.12. The summed E-state index contributed by atoms with van der Waals surface area (Å²) < 4.78 is 0. The van der Waals surface area contributed by atoms with E-state index in [1.54, 1.807) is 0 Å². The topological polar surface area (TPSA) is 3.24 Å². The smallest absolute Gasteiger partial charge is 0.0227 e. The molecule has 0 unspecified atom stereocenters. The molecule has 0 amide bonds. The Balaban J connectivity index is 2.65. The van der Waals surface area contributed by atoms with Crippen molar-refractivity contribution < 1.29 is 0 Å². The SMILES string of the molecule is C=CC/C=C\c1cc(CCCCCCC=C)cc(CN(C)C)c1. The van der Waals surface area contributed by atoms with Crippen molar-refractivity contribution in [3.05, 3.63) is 66.3 Å². The van der Waals surface area contributed by atoms with E-state index in [2.05, 4.69) is 62.5 Å². The van der Waals surface area contributed by atoms with Gasteiger partial charge in [0.15, 0.2) is 0 Å². The van der Waals surface area contributed by atoms with Gasteiger partial charge in [-0.1, -0.05) is 55.3 Å². The van der Waals surface area contributed by atoms with E-state index < -0.39 is 0 Å². The van der Waals surface area contributed by atoms with Crippen molar-refractivity contribution in [2.24, 2.45) is 0 Å². The summed E-state index contributed by atoms with van der Waals surface area (Å²) >= 11 is 0. The van der Waals surface area contributed by atoms with Crippen molar-refractivity contribution in [3.63, 3.8) is 0 Å². The third-order valence-corrected chi connectivity index (χ3v) is 3.81. The molecule has 0 saturated heterocycles. The van der Waals surface area contributed by atoms with Gasteiger partial charge >= 0.3 is 0 Å². The third kappa shape index (κ3) is 9.20. The highest BCUT2D eigenvalue weighted by atomic mass is 15.0. The molecule has 0 aliphatic heterocycles. The van der Waals surface area contributed by atoms with Crippen LogP contribution in [0.2, 0.25) is 0 Å². The fraction of sp³-hybridized carbons (Fsp3) is 0.455. The van der Waals surface area contributed by atoms with E-state index in [1.807, 2.05) is 12.2 Å². The first-order valence-electron chi connectivity index (χ1n) is 8.81. The standard InChI is InChI=1S/C22H33N/c1-5-7-9-10-11-13-15-21-16-20(14-12-8-6-2)17-22(18-21)19-23(3)4/h5-6,12,14,16-18H,1-2,7-11,13,15,19H2,3-4H3/b14-12-. The van der Waals surface area contributed by atoms with Gasteiger partial charge in [0.2, 0.25) is 0 Å². The number of hydrogen-bond acceptors (Lipinski definition) is 1. The second kappa shape index (κ2) is 11.9. The van der Waals surface area contributed by atoms with Gasteiger partial charge in [0, 0.05) is 6.54 Å². The summed E-state index contributed by atoms with van der Waals surface area (Å²) in [5, 5.41) is 0. The van der Waals surface area contributed by atoms with Gasteiger partial charge in [0.05, 0.1) is 0 Å². The van der Waals surface area contributed by atoms with E-state index in [1.165, 1.54) is 48.8 Å². The van der Waals surface area contributed by atoms with Crippen LogP contribution in [0.15, 0.2) is 49.6 Å². The van der Waals surface area contributed by atoms with E-state index >= 15 is 0 Å². The predicted molar refractivity (Wildman–Crippen MR) is 105 cm³/mol. The fourth-order valence-electron chi connectivity index (χ4n) is 2.76. The normalized spacial score (nSPS) is 11.3. The molecule has 1 aromatic carbocycles. The summed E-state index contributed by atoms with van der Waals surface area (Å²) in [6.45, 7) is 8.55. The Labute approximate surface area is 143 Å².